The molecule has 0 bridgehead atoms. The second kappa shape index (κ2) is 6.44. The van der Waals surface area contributed by atoms with Crippen LogP contribution in [-0.2, 0) is 22.6 Å². The maximum atomic E-state index is 12.5. The van der Waals surface area contributed by atoms with E-state index in [1.807, 2.05) is 30.3 Å². The number of aliphatic carboxylic acids is 1. The first-order valence-corrected chi connectivity index (χ1v) is 7.33. The number of aromatic nitrogens is 1. The van der Waals surface area contributed by atoms with Crippen LogP contribution in [0, 0.1) is 0 Å². The predicted molar refractivity (Wildman–Crippen MR) is 85.4 cm³/mol. The summed E-state index contributed by atoms with van der Waals surface area (Å²) in [4.78, 5) is 29.4. The number of pyridine rings is 1. The molecule has 1 aliphatic rings. The van der Waals surface area contributed by atoms with Crippen molar-refractivity contribution in [1.29, 1.82) is 0 Å². The number of carbonyl (C=O) groups is 2. The van der Waals surface area contributed by atoms with Gasteiger partial charge < -0.3 is 10.0 Å². The molecular formula is C18H16N2O3. The molecule has 1 aromatic heterocycles. The van der Waals surface area contributed by atoms with Crippen LogP contribution in [0.1, 0.15) is 16.7 Å². The lowest BCUT2D eigenvalue weighted by Gasteiger charge is -2.33. The molecule has 0 spiro atoms. The van der Waals surface area contributed by atoms with Gasteiger partial charge >= 0.3 is 5.97 Å². The Bertz CT molecular complexity index is 756. The van der Waals surface area contributed by atoms with Gasteiger partial charge in [0, 0.05) is 31.4 Å². The van der Waals surface area contributed by atoms with Crippen LogP contribution < -0.4 is 0 Å². The monoisotopic (exact) mass is 308 g/mol. The van der Waals surface area contributed by atoms with Crippen LogP contribution in [0.2, 0.25) is 0 Å². The average molecular weight is 308 g/mol. The third-order valence-electron chi connectivity index (χ3n) is 3.92. The highest BCUT2D eigenvalue weighted by atomic mass is 16.4. The van der Waals surface area contributed by atoms with E-state index in [-0.39, 0.29) is 5.91 Å². The average Bonchev–Trinajstić information content (AvgIpc) is 2.59. The Hall–Kier alpha value is -2.95. The molecule has 5 heteroatoms. The Morgan fingerprint density at radius 1 is 1.17 bits per heavy atom. The summed E-state index contributed by atoms with van der Waals surface area (Å²) in [6, 6.07) is 10.4. The van der Waals surface area contributed by atoms with Gasteiger partial charge in [-0.3, -0.25) is 9.78 Å². The van der Waals surface area contributed by atoms with Gasteiger partial charge in [-0.1, -0.05) is 30.3 Å². The SMILES string of the molecule is O=C(O)C1Cc2ccccc2CN1C(=O)/C=C/c1cccnc1. The minimum atomic E-state index is -0.984. The molecular weight excluding hydrogens is 292 g/mol. The minimum absolute atomic E-state index is 0.309. The summed E-state index contributed by atoms with van der Waals surface area (Å²) in [5, 5.41) is 9.44. The van der Waals surface area contributed by atoms with Gasteiger partial charge in [-0.25, -0.2) is 4.79 Å². The molecule has 5 nitrogen and oxygen atoms in total. The van der Waals surface area contributed by atoms with Crippen LogP contribution in [0.25, 0.3) is 6.08 Å². The minimum Gasteiger partial charge on any atom is -0.480 e. The van der Waals surface area contributed by atoms with Crippen LogP contribution in [0.4, 0.5) is 0 Å². The fraction of sp³-hybridized carbons (Fsp3) is 0.167. The molecule has 1 N–H and O–H groups in total. The highest BCUT2D eigenvalue weighted by Crippen LogP contribution is 2.24. The fourth-order valence-corrected chi connectivity index (χ4v) is 2.71. The molecule has 1 atom stereocenters. The lowest BCUT2D eigenvalue weighted by molar-refractivity contribution is -0.149. The van der Waals surface area contributed by atoms with Crippen molar-refractivity contribution in [3.63, 3.8) is 0 Å². The Labute approximate surface area is 133 Å². The van der Waals surface area contributed by atoms with Crippen LogP contribution in [0.5, 0.6) is 0 Å². The van der Waals surface area contributed by atoms with Gasteiger partial charge in [0.2, 0.25) is 5.91 Å². The van der Waals surface area contributed by atoms with Crippen molar-refractivity contribution < 1.29 is 14.7 Å². The van der Waals surface area contributed by atoms with Gasteiger partial charge in [0.05, 0.1) is 0 Å². The van der Waals surface area contributed by atoms with Crippen molar-refractivity contribution in [3.05, 3.63) is 71.6 Å². The predicted octanol–water partition coefficient (Wildman–Crippen LogP) is 2.13. The molecule has 23 heavy (non-hydrogen) atoms. The van der Waals surface area contributed by atoms with Gasteiger partial charge in [0.15, 0.2) is 0 Å². The molecule has 2 aromatic rings. The Balaban J connectivity index is 1.83. The van der Waals surface area contributed by atoms with Gasteiger partial charge in [0.25, 0.3) is 0 Å². The number of fused-ring (bicyclic) bond motifs is 1. The van der Waals surface area contributed by atoms with E-state index in [9.17, 15) is 14.7 Å². The maximum absolute atomic E-state index is 12.5. The van der Waals surface area contributed by atoms with Crippen molar-refractivity contribution in [2.45, 2.75) is 19.0 Å². The molecule has 3 rings (SSSR count). The number of amides is 1. The number of carbonyl (C=O) groups excluding carboxylic acids is 1. The number of carboxylic acids is 1. The van der Waals surface area contributed by atoms with Gasteiger partial charge in [-0.2, -0.15) is 0 Å². The van der Waals surface area contributed by atoms with Crippen LogP contribution in [0.15, 0.2) is 54.9 Å². The van der Waals surface area contributed by atoms with Crippen molar-refractivity contribution in [2.75, 3.05) is 0 Å². The van der Waals surface area contributed by atoms with E-state index in [2.05, 4.69) is 4.98 Å². The van der Waals surface area contributed by atoms with E-state index in [4.69, 9.17) is 0 Å². The number of carboxylic acid groups (broad SMARTS) is 1. The smallest absolute Gasteiger partial charge is 0.326 e. The van der Waals surface area contributed by atoms with Crippen molar-refractivity contribution in [2.24, 2.45) is 0 Å². The van der Waals surface area contributed by atoms with Crippen LogP contribution >= 0.6 is 0 Å². The van der Waals surface area contributed by atoms with E-state index >= 15 is 0 Å². The summed E-state index contributed by atoms with van der Waals surface area (Å²) in [5.41, 5.74) is 2.78. The largest absolute Gasteiger partial charge is 0.480 e. The zero-order chi connectivity index (χ0) is 16.2. The molecule has 0 fully saturated rings. The molecule has 1 unspecified atom stereocenters. The third-order valence-corrected chi connectivity index (χ3v) is 3.92. The quantitative estimate of drug-likeness (QED) is 0.882. The maximum Gasteiger partial charge on any atom is 0.326 e. The fourth-order valence-electron chi connectivity index (χ4n) is 2.71. The first-order valence-electron chi connectivity index (χ1n) is 7.33. The van der Waals surface area contributed by atoms with Crippen molar-refractivity contribution in [3.8, 4) is 0 Å². The van der Waals surface area contributed by atoms with E-state index in [0.29, 0.717) is 13.0 Å². The standard InChI is InChI=1S/C18H16N2O3/c21-17(8-7-13-4-3-9-19-11-13)20-12-15-6-2-1-5-14(15)10-16(20)18(22)23/h1-9,11,16H,10,12H2,(H,22,23)/b8-7+. The second-order valence-corrected chi connectivity index (χ2v) is 5.41. The molecule has 0 saturated heterocycles. The lowest BCUT2D eigenvalue weighted by Crippen LogP contribution is -2.48. The Kier molecular flexibility index (Phi) is 4.19. The van der Waals surface area contributed by atoms with Gasteiger partial charge in [0.1, 0.15) is 6.04 Å². The van der Waals surface area contributed by atoms with E-state index in [1.54, 1.807) is 24.5 Å². The van der Waals surface area contributed by atoms with E-state index < -0.39 is 12.0 Å². The topological polar surface area (TPSA) is 70.5 Å². The normalized spacial score (nSPS) is 17.0. The van der Waals surface area contributed by atoms with E-state index in [1.165, 1.54) is 11.0 Å². The first kappa shape index (κ1) is 15.0. The van der Waals surface area contributed by atoms with E-state index in [0.717, 1.165) is 16.7 Å². The summed E-state index contributed by atoms with van der Waals surface area (Å²) in [6.07, 6.45) is 6.68. The zero-order valence-corrected chi connectivity index (χ0v) is 12.4. The molecule has 2 heterocycles. The van der Waals surface area contributed by atoms with Crippen molar-refractivity contribution >= 4 is 18.0 Å². The lowest BCUT2D eigenvalue weighted by atomic mass is 9.94. The molecule has 0 aliphatic carbocycles. The number of hydrogen-bond donors (Lipinski definition) is 1. The Morgan fingerprint density at radius 2 is 1.96 bits per heavy atom. The number of benzene rings is 1. The molecule has 0 radical (unpaired) electrons. The third kappa shape index (κ3) is 3.29. The summed E-state index contributed by atoms with van der Waals surface area (Å²) < 4.78 is 0. The summed E-state index contributed by atoms with van der Waals surface area (Å²) in [7, 11) is 0. The van der Waals surface area contributed by atoms with Crippen LogP contribution in [-0.4, -0.2) is 32.9 Å². The number of rotatable bonds is 3. The highest BCUT2D eigenvalue weighted by Gasteiger charge is 2.33. The second-order valence-electron chi connectivity index (χ2n) is 5.41. The zero-order valence-electron chi connectivity index (χ0n) is 12.4. The number of hydrogen-bond acceptors (Lipinski definition) is 3. The highest BCUT2D eigenvalue weighted by molar-refractivity contribution is 5.94. The summed E-state index contributed by atoms with van der Waals surface area (Å²) in [6.45, 7) is 0.309. The molecule has 0 saturated carbocycles. The molecule has 1 amide bonds. The number of nitrogens with zero attached hydrogens (tertiary/aromatic N) is 2. The van der Waals surface area contributed by atoms with Crippen LogP contribution in [0.3, 0.4) is 0 Å². The summed E-state index contributed by atoms with van der Waals surface area (Å²) in [5.74, 6) is -1.29. The van der Waals surface area contributed by atoms with Crippen molar-refractivity contribution in [1.82, 2.24) is 9.88 Å². The van der Waals surface area contributed by atoms with Gasteiger partial charge in [-0.15, -0.1) is 0 Å². The first-order chi connectivity index (χ1) is 11.1. The summed E-state index contributed by atoms with van der Waals surface area (Å²) >= 11 is 0. The molecule has 116 valence electrons. The van der Waals surface area contributed by atoms with Gasteiger partial charge in [-0.05, 0) is 28.8 Å². The Morgan fingerprint density at radius 3 is 2.65 bits per heavy atom. The molecule has 1 aromatic carbocycles. The molecule has 1 aliphatic heterocycles.